The van der Waals surface area contributed by atoms with Crippen LogP contribution in [-0.4, -0.2) is 19.9 Å². The Hall–Kier alpha value is -2.11. The fraction of sp³-hybridized carbons (Fsp3) is 0. The summed E-state index contributed by atoms with van der Waals surface area (Å²) in [6.45, 7) is 0. The number of aromatic amines is 3. The van der Waals surface area contributed by atoms with Crippen LogP contribution in [0.3, 0.4) is 0 Å². The van der Waals surface area contributed by atoms with E-state index in [4.69, 9.17) is 0 Å². The molecule has 0 atom stereocenters. The maximum Gasteiger partial charge on any atom is 0.351 e. The number of hydrogen-bond acceptors (Lipinski definition) is 3. The molecule has 0 bridgehead atoms. The predicted octanol–water partition coefficient (Wildman–Crippen LogP) is -0.547. The van der Waals surface area contributed by atoms with Crippen molar-refractivity contribution in [2.45, 2.75) is 0 Å². The Kier molecular flexibility index (Phi) is 1.59. The van der Waals surface area contributed by atoms with E-state index in [0.29, 0.717) is 5.69 Å². The van der Waals surface area contributed by atoms with Crippen LogP contribution < -0.4 is 11.4 Å². The molecule has 0 aliphatic heterocycles. The van der Waals surface area contributed by atoms with Gasteiger partial charge in [-0.15, -0.1) is 0 Å². The van der Waals surface area contributed by atoms with Crippen molar-refractivity contribution in [3.8, 4) is 11.5 Å². The van der Waals surface area contributed by atoms with Gasteiger partial charge in [0.2, 0.25) is 0 Å². The molecule has 0 radical (unpaired) electrons. The second-order valence-electron chi connectivity index (χ2n) is 2.43. The molecule has 6 nitrogen and oxygen atoms in total. The van der Waals surface area contributed by atoms with E-state index in [1.165, 1.54) is 0 Å². The van der Waals surface area contributed by atoms with E-state index in [9.17, 15) is 9.59 Å². The van der Waals surface area contributed by atoms with Crippen molar-refractivity contribution in [3.05, 3.63) is 39.3 Å². The quantitative estimate of drug-likeness (QED) is 0.547. The van der Waals surface area contributed by atoms with Gasteiger partial charge in [0.05, 0.1) is 5.69 Å². The van der Waals surface area contributed by atoms with Gasteiger partial charge in [-0.2, -0.15) is 4.98 Å². The average molecular weight is 178 g/mol. The van der Waals surface area contributed by atoms with Crippen LogP contribution >= 0.6 is 0 Å². The smallest absolute Gasteiger partial charge is 0.351 e. The third kappa shape index (κ3) is 1.41. The molecule has 6 heteroatoms. The Morgan fingerprint density at radius 3 is 2.69 bits per heavy atom. The summed E-state index contributed by atoms with van der Waals surface area (Å²) >= 11 is 0. The number of aromatic nitrogens is 4. The fourth-order valence-corrected chi connectivity index (χ4v) is 0.999. The van der Waals surface area contributed by atoms with Crippen LogP contribution in [0.15, 0.2) is 27.9 Å². The Morgan fingerprint density at radius 2 is 2.08 bits per heavy atom. The predicted molar refractivity (Wildman–Crippen MR) is 45.3 cm³/mol. The molecule has 13 heavy (non-hydrogen) atoms. The number of nitrogens with zero attached hydrogens (tertiary/aromatic N) is 1. The fourth-order valence-electron chi connectivity index (χ4n) is 0.999. The van der Waals surface area contributed by atoms with Crippen molar-refractivity contribution < 1.29 is 0 Å². The van der Waals surface area contributed by atoms with E-state index < -0.39 is 11.4 Å². The maximum absolute atomic E-state index is 10.8. The lowest BCUT2D eigenvalue weighted by atomic mass is 10.4. The summed E-state index contributed by atoms with van der Waals surface area (Å²) in [7, 11) is 0. The molecule has 0 aliphatic carbocycles. The SMILES string of the molecule is O=c1nc(-c2ccc[nH]2)[nH]c(=O)[nH]1. The summed E-state index contributed by atoms with van der Waals surface area (Å²) in [5, 5.41) is 0. The van der Waals surface area contributed by atoms with Gasteiger partial charge in [0.15, 0.2) is 5.82 Å². The van der Waals surface area contributed by atoms with E-state index in [2.05, 4.69) is 15.0 Å². The minimum absolute atomic E-state index is 0.235. The van der Waals surface area contributed by atoms with E-state index in [1.54, 1.807) is 18.3 Å². The normalized spacial score (nSPS) is 10.2. The van der Waals surface area contributed by atoms with Gasteiger partial charge in [0.1, 0.15) is 0 Å². The summed E-state index contributed by atoms with van der Waals surface area (Å²) in [5.74, 6) is 0.235. The molecule has 2 heterocycles. The van der Waals surface area contributed by atoms with Gasteiger partial charge in [-0.25, -0.2) is 9.59 Å². The molecule has 3 N–H and O–H groups in total. The molecule has 2 aromatic rings. The van der Waals surface area contributed by atoms with Gasteiger partial charge in [0, 0.05) is 6.20 Å². The number of nitrogens with one attached hydrogen (secondary N) is 3. The summed E-state index contributed by atoms with van der Waals surface area (Å²) < 4.78 is 0. The largest absolute Gasteiger partial charge is 0.359 e. The highest BCUT2D eigenvalue weighted by molar-refractivity contribution is 5.47. The van der Waals surface area contributed by atoms with Crippen LogP contribution in [0.2, 0.25) is 0 Å². The zero-order valence-corrected chi connectivity index (χ0v) is 6.50. The number of hydrogen-bond donors (Lipinski definition) is 3. The first kappa shape index (κ1) is 7.53. The van der Waals surface area contributed by atoms with E-state index >= 15 is 0 Å². The van der Waals surface area contributed by atoms with Crippen LogP contribution in [0.5, 0.6) is 0 Å². The highest BCUT2D eigenvalue weighted by Gasteiger charge is 2.01. The molecule has 0 fully saturated rings. The Labute approximate surface area is 71.7 Å². The van der Waals surface area contributed by atoms with Crippen molar-refractivity contribution in [3.63, 3.8) is 0 Å². The van der Waals surface area contributed by atoms with Crippen LogP contribution in [0.25, 0.3) is 11.5 Å². The lowest BCUT2D eigenvalue weighted by molar-refractivity contribution is 0.938. The molecule has 2 rings (SSSR count). The highest BCUT2D eigenvalue weighted by Crippen LogP contribution is 2.06. The van der Waals surface area contributed by atoms with Gasteiger partial charge in [-0.1, -0.05) is 0 Å². The minimum Gasteiger partial charge on any atom is -0.359 e. The Morgan fingerprint density at radius 1 is 1.23 bits per heavy atom. The number of rotatable bonds is 1. The van der Waals surface area contributed by atoms with Crippen molar-refractivity contribution in [2.24, 2.45) is 0 Å². The van der Waals surface area contributed by atoms with Crippen molar-refractivity contribution in [1.82, 2.24) is 19.9 Å². The van der Waals surface area contributed by atoms with E-state index in [-0.39, 0.29) is 5.82 Å². The van der Waals surface area contributed by atoms with Crippen LogP contribution in [0.1, 0.15) is 0 Å². The third-order valence-electron chi connectivity index (χ3n) is 1.52. The summed E-state index contributed by atoms with van der Waals surface area (Å²) in [6, 6.07) is 3.45. The van der Waals surface area contributed by atoms with Crippen molar-refractivity contribution >= 4 is 0 Å². The van der Waals surface area contributed by atoms with Gasteiger partial charge < -0.3 is 4.98 Å². The molecule has 0 unspecified atom stereocenters. The monoisotopic (exact) mass is 178 g/mol. The first-order valence-electron chi connectivity index (χ1n) is 3.60. The lowest BCUT2D eigenvalue weighted by Crippen LogP contribution is -2.25. The molecule has 0 saturated heterocycles. The first-order valence-corrected chi connectivity index (χ1v) is 3.60. The second kappa shape index (κ2) is 2.74. The maximum atomic E-state index is 10.8. The summed E-state index contributed by atoms with van der Waals surface area (Å²) in [4.78, 5) is 32.4. The molecule has 0 aromatic carbocycles. The summed E-state index contributed by atoms with van der Waals surface area (Å²) in [6.07, 6.45) is 1.68. The average Bonchev–Trinajstić information content (AvgIpc) is 2.53. The lowest BCUT2D eigenvalue weighted by Gasteiger charge is -1.93. The van der Waals surface area contributed by atoms with Crippen LogP contribution in [0.4, 0.5) is 0 Å². The molecule has 0 spiro atoms. The zero-order chi connectivity index (χ0) is 9.26. The number of H-pyrrole nitrogens is 3. The summed E-state index contributed by atoms with van der Waals surface area (Å²) in [5.41, 5.74) is -0.624. The van der Waals surface area contributed by atoms with Gasteiger partial charge >= 0.3 is 11.4 Å². The standard InChI is InChI=1S/C7H6N4O2/c12-6-9-5(10-7(13)11-6)4-2-1-3-8-4/h1-3,8H,(H2,9,10,11,12,13). The third-order valence-corrected chi connectivity index (χ3v) is 1.52. The molecule has 0 aliphatic rings. The second-order valence-corrected chi connectivity index (χ2v) is 2.43. The molecular weight excluding hydrogens is 172 g/mol. The molecule has 2 aromatic heterocycles. The molecule has 0 saturated carbocycles. The Balaban J connectivity index is 2.66. The Bertz CT molecular complexity index is 480. The topological polar surface area (TPSA) is 94.4 Å². The molecular formula is C7H6N4O2. The van der Waals surface area contributed by atoms with Gasteiger partial charge in [0.25, 0.3) is 0 Å². The van der Waals surface area contributed by atoms with E-state index in [0.717, 1.165) is 0 Å². The van der Waals surface area contributed by atoms with Crippen LogP contribution in [0, 0.1) is 0 Å². The zero-order valence-electron chi connectivity index (χ0n) is 6.50. The van der Waals surface area contributed by atoms with Crippen molar-refractivity contribution in [2.75, 3.05) is 0 Å². The van der Waals surface area contributed by atoms with Gasteiger partial charge in [-0.3, -0.25) is 9.97 Å². The van der Waals surface area contributed by atoms with E-state index in [1.807, 2.05) is 4.98 Å². The minimum atomic E-state index is -0.659. The van der Waals surface area contributed by atoms with Crippen LogP contribution in [-0.2, 0) is 0 Å². The van der Waals surface area contributed by atoms with Crippen molar-refractivity contribution in [1.29, 1.82) is 0 Å². The van der Waals surface area contributed by atoms with Gasteiger partial charge in [-0.05, 0) is 12.1 Å². The molecule has 66 valence electrons. The highest BCUT2D eigenvalue weighted by atomic mass is 16.2. The first-order chi connectivity index (χ1) is 6.25. The molecule has 0 amide bonds.